The van der Waals surface area contributed by atoms with Crippen LogP contribution in [0.3, 0.4) is 0 Å². The van der Waals surface area contributed by atoms with E-state index < -0.39 is 0 Å². The maximum absolute atomic E-state index is 12.2. The Morgan fingerprint density at radius 2 is 1.93 bits per heavy atom. The van der Waals surface area contributed by atoms with Gasteiger partial charge in [-0.1, -0.05) is 31.2 Å². The average molecular weight is 487 g/mol. The van der Waals surface area contributed by atoms with Gasteiger partial charge in [0.1, 0.15) is 5.82 Å². The zero-order valence-corrected chi connectivity index (χ0v) is 19.2. The summed E-state index contributed by atoms with van der Waals surface area (Å²) in [5.74, 6) is 1.68. The molecule has 3 aromatic rings. The van der Waals surface area contributed by atoms with Crippen molar-refractivity contribution in [1.82, 2.24) is 15.0 Å². The van der Waals surface area contributed by atoms with Gasteiger partial charge in [0.2, 0.25) is 17.8 Å². The fraction of sp³-hybridized carbons (Fsp3) is 0.238. The van der Waals surface area contributed by atoms with E-state index in [1.54, 1.807) is 0 Å². The van der Waals surface area contributed by atoms with Crippen molar-refractivity contribution in [2.45, 2.75) is 26.0 Å². The largest absolute Gasteiger partial charge is 0.368 e. The Kier molecular flexibility index (Phi) is 7.64. The van der Waals surface area contributed by atoms with Gasteiger partial charge in [-0.25, -0.2) is 0 Å². The van der Waals surface area contributed by atoms with Crippen LogP contribution in [-0.4, -0.2) is 26.6 Å². The Hall–Kier alpha value is -2.65. The van der Waals surface area contributed by atoms with Crippen molar-refractivity contribution in [2.24, 2.45) is 0 Å². The summed E-state index contributed by atoms with van der Waals surface area (Å²) in [7, 11) is 0. The van der Waals surface area contributed by atoms with E-state index in [-0.39, 0.29) is 17.6 Å². The van der Waals surface area contributed by atoms with Crippen LogP contribution in [-0.2, 0) is 17.0 Å². The molecule has 0 unspecified atom stereocenters. The van der Waals surface area contributed by atoms with Crippen LogP contribution < -0.4 is 16.4 Å². The summed E-state index contributed by atoms with van der Waals surface area (Å²) in [4.78, 5) is 25.0. The highest BCUT2D eigenvalue weighted by atomic mass is 79.9. The summed E-state index contributed by atoms with van der Waals surface area (Å²) in [5, 5.41) is 6.11. The quantitative estimate of drug-likeness (QED) is 0.423. The van der Waals surface area contributed by atoms with Gasteiger partial charge in [0.15, 0.2) is 0 Å². The molecule has 2 aromatic carbocycles. The number of amides is 1. The molecule has 0 aliphatic carbocycles. The molecule has 0 aliphatic heterocycles. The lowest BCUT2D eigenvalue weighted by Gasteiger charge is -2.11. The van der Waals surface area contributed by atoms with Crippen LogP contribution in [0.15, 0.2) is 46.9 Å². The highest BCUT2D eigenvalue weighted by Gasteiger charge is 2.10. The van der Waals surface area contributed by atoms with Crippen LogP contribution in [0.25, 0.3) is 0 Å². The van der Waals surface area contributed by atoms with Crippen LogP contribution >= 0.6 is 27.7 Å². The number of benzene rings is 2. The average Bonchev–Trinajstić information content (AvgIpc) is 2.70. The van der Waals surface area contributed by atoms with Crippen molar-refractivity contribution < 1.29 is 4.79 Å². The maximum atomic E-state index is 12.2. The number of thioether (sulfide) groups is 1. The van der Waals surface area contributed by atoms with Crippen LogP contribution in [0.5, 0.6) is 0 Å². The Labute approximate surface area is 188 Å². The van der Waals surface area contributed by atoms with Crippen molar-refractivity contribution in [1.29, 1.82) is 0 Å². The SMILES string of the molecule is CCc1ccccc1Nc1nc(N)nc(CSCC(=O)Nc2ccc(C)cc2Br)n1. The van der Waals surface area contributed by atoms with Gasteiger partial charge in [-0.2, -0.15) is 15.0 Å². The third kappa shape index (κ3) is 6.17. The summed E-state index contributed by atoms with van der Waals surface area (Å²) >= 11 is 4.88. The van der Waals surface area contributed by atoms with Crippen molar-refractivity contribution in [2.75, 3.05) is 22.1 Å². The van der Waals surface area contributed by atoms with Gasteiger partial charge in [0.25, 0.3) is 0 Å². The lowest BCUT2D eigenvalue weighted by molar-refractivity contribution is -0.113. The first-order valence-electron chi connectivity index (χ1n) is 9.43. The molecule has 9 heteroatoms. The minimum Gasteiger partial charge on any atom is -0.368 e. The summed E-state index contributed by atoms with van der Waals surface area (Å²) in [6, 6.07) is 13.8. The van der Waals surface area contributed by atoms with Crippen molar-refractivity contribution >= 4 is 56.9 Å². The number of anilines is 4. The number of hydrogen-bond acceptors (Lipinski definition) is 7. The molecular formula is C21H23BrN6OS. The molecule has 0 fully saturated rings. The monoisotopic (exact) mass is 486 g/mol. The number of aromatic nitrogens is 3. The number of nitrogen functional groups attached to an aromatic ring is 1. The summed E-state index contributed by atoms with van der Waals surface area (Å²) in [6.07, 6.45) is 0.888. The van der Waals surface area contributed by atoms with Gasteiger partial charge in [-0.3, -0.25) is 4.79 Å². The second-order valence-corrected chi connectivity index (χ2v) is 8.43. The molecule has 1 amide bonds. The number of nitrogens with two attached hydrogens (primary N) is 1. The molecule has 1 heterocycles. The fourth-order valence-corrected chi connectivity index (χ4v) is 4.04. The van der Waals surface area contributed by atoms with Gasteiger partial charge in [0, 0.05) is 10.2 Å². The standard InChI is InChI=1S/C21H23BrN6OS/c1-3-14-6-4-5-7-16(14)25-21-27-18(26-20(23)28-21)11-30-12-19(29)24-17-9-8-13(2)10-15(17)22/h4-10H,3,11-12H2,1-2H3,(H,24,29)(H3,23,25,26,27,28). The minimum absolute atomic E-state index is 0.0956. The third-order valence-electron chi connectivity index (χ3n) is 4.21. The first kappa shape index (κ1) is 22.0. The molecule has 0 radical (unpaired) electrons. The molecule has 0 atom stereocenters. The zero-order chi connectivity index (χ0) is 21.5. The Balaban J connectivity index is 1.58. The number of rotatable bonds is 8. The van der Waals surface area contributed by atoms with Crippen molar-refractivity contribution in [3.05, 3.63) is 63.9 Å². The molecule has 0 saturated heterocycles. The topological polar surface area (TPSA) is 106 Å². The molecule has 156 valence electrons. The predicted octanol–water partition coefficient (Wildman–Crippen LogP) is 4.70. The normalized spacial score (nSPS) is 10.6. The first-order chi connectivity index (χ1) is 14.4. The number of carbonyl (C=O) groups is 1. The summed E-state index contributed by atoms with van der Waals surface area (Å²) in [6.45, 7) is 4.08. The highest BCUT2D eigenvalue weighted by Crippen LogP contribution is 2.24. The predicted molar refractivity (Wildman–Crippen MR) is 127 cm³/mol. The lowest BCUT2D eigenvalue weighted by atomic mass is 10.1. The molecule has 0 bridgehead atoms. The number of nitrogens with one attached hydrogen (secondary N) is 2. The van der Waals surface area contributed by atoms with Crippen LogP contribution in [0, 0.1) is 6.92 Å². The molecule has 4 N–H and O–H groups in total. The summed E-state index contributed by atoms with van der Waals surface area (Å²) < 4.78 is 0.856. The molecule has 3 rings (SSSR count). The van der Waals surface area contributed by atoms with E-state index in [1.165, 1.54) is 11.8 Å². The van der Waals surface area contributed by atoms with Crippen molar-refractivity contribution in [3.8, 4) is 0 Å². The number of carbonyl (C=O) groups excluding carboxylic acids is 1. The first-order valence-corrected chi connectivity index (χ1v) is 11.4. The van der Waals surface area contributed by atoms with Crippen LogP contribution in [0.1, 0.15) is 23.9 Å². The molecule has 7 nitrogen and oxygen atoms in total. The Morgan fingerprint density at radius 3 is 2.70 bits per heavy atom. The van der Waals surface area contributed by atoms with Gasteiger partial charge >= 0.3 is 0 Å². The lowest BCUT2D eigenvalue weighted by Crippen LogP contribution is -2.15. The second-order valence-electron chi connectivity index (χ2n) is 6.59. The molecule has 1 aromatic heterocycles. The molecule has 30 heavy (non-hydrogen) atoms. The zero-order valence-electron chi connectivity index (χ0n) is 16.8. The number of para-hydroxylation sites is 1. The van der Waals surface area contributed by atoms with Gasteiger partial charge in [-0.15, -0.1) is 11.8 Å². The van der Waals surface area contributed by atoms with E-state index in [2.05, 4.69) is 54.5 Å². The second kappa shape index (κ2) is 10.4. The number of hydrogen-bond donors (Lipinski definition) is 3. The maximum Gasteiger partial charge on any atom is 0.234 e. The van der Waals surface area contributed by atoms with E-state index in [4.69, 9.17) is 5.73 Å². The highest BCUT2D eigenvalue weighted by molar-refractivity contribution is 9.10. The van der Waals surface area contributed by atoms with Crippen molar-refractivity contribution in [3.63, 3.8) is 0 Å². The number of nitrogens with zero attached hydrogens (tertiary/aromatic N) is 3. The molecular weight excluding hydrogens is 464 g/mol. The Morgan fingerprint density at radius 1 is 1.13 bits per heavy atom. The molecule has 0 saturated carbocycles. The van der Waals surface area contributed by atoms with E-state index in [1.807, 2.05) is 43.3 Å². The van der Waals surface area contributed by atoms with E-state index in [0.717, 1.165) is 33.4 Å². The number of aryl methyl sites for hydroxylation is 2. The molecule has 0 aliphatic rings. The third-order valence-corrected chi connectivity index (χ3v) is 5.79. The van der Waals surface area contributed by atoms with Gasteiger partial charge < -0.3 is 16.4 Å². The van der Waals surface area contributed by atoms with Crippen LogP contribution in [0.4, 0.5) is 23.3 Å². The number of halogens is 1. The smallest absolute Gasteiger partial charge is 0.234 e. The van der Waals surface area contributed by atoms with Gasteiger partial charge in [0.05, 0.1) is 17.2 Å². The van der Waals surface area contributed by atoms with E-state index >= 15 is 0 Å². The van der Waals surface area contributed by atoms with E-state index in [9.17, 15) is 4.79 Å². The fourth-order valence-electron chi connectivity index (χ4n) is 2.77. The Bertz CT molecular complexity index is 1050. The van der Waals surface area contributed by atoms with E-state index in [0.29, 0.717) is 17.5 Å². The van der Waals surface area contributed by atoms with Gasteiger partial charge in [-0.05, 0) is 58.6 Å². The molecule has 0 spiro atoms. The summed E-state index contributed by atoms with van der Waals surface area (Å²) in [5.41, 5.74) is 9.81. The van der Waals surface area contributed by atoms with Crippen LogP contribution in [0.2, 0.25) is 0 Å². The minimum atomic E-state index is -0.0956.